The molecule has 3 heterocycles. The predicted molar refractivity (Wildman–Crippen MR) is 82.5 cm³/mol. The smallest absolute Gasteiger partial charge is 0.243 e. The van der Waals surface area contributed by atoms with Crippen LogP contribution in [-0.2, 0) is 6.54 Å². The molecule has 110 valence electrons. The van der Waals surface area contributed by atoms with Crippen LogP contribution in [0.15, 0.2) is 24.4 Å². The summed E-state index contributed by atoms with van der Waals surface area (Å²) < 4.78 is 3.84. The van der Waals surface area contributed by atoms with Crippen molar-refractivity contribution < 1.29 is 0 Å². The van der Waals surface area contributed by atoms with Gasteiger partial charge in [-0.2, -0.15) is 10.1 Å². The van der Waals surface area contributed by atoms with Crippen molar-refractivity contribution in [2.24, 2.45) is 0 Å². The quantitative estimate of drug-likeness (QED) is 0.731. The van der Waals surface area contributed by atoms with Crippen molar-refractivity contribution in [3.63, 3.8) is 0 Å². The Bertz CT molecular complexity index is 755. The van der Waals surface area contributed by atoms with Gasteiger partial charge in [-0.1, -0.05) is 6.07 Å². The van der Waals surface area contributed by atoms with Gasteiger partial charge in [0, 0.05) is 25.0 Å². The Morgan fingerprint density at radius 3 is 2.76 bits per heavy atom. The highest BCUT2D eigenvalue weighted by molar-refractivity contribution is 5.43. The first-order valence-electron chi connectivity index (χ1n) is 7.20. The molecule has 3 aromatic rings. The average Bonchev–Trinajstić information content (AvgIpc) is 2.97. The molecule has 1 N–H and O–H groups in total. The van der Waals surface area contributed by atoms with Gasteiger partial charge in [0.2, 0.25) is 5.95 Å². The van der Waals surface area contributed by atoms with Crippen molar-refractivity contribution >= 4 is 11.6 Å². The van der Waals surface area contributed by atoms with Crippen molar-refractivity contribution in [2.75, 3.05) is 11.9 Å². The van der Waals surface area contributed by atoms with Crippen LogP contribution in [0.2, 0.25) is 0 Å². The molecule has 3 aromatic heterocycles. The summed E-state index contributed by atoms with van der Waals surface area (Å²) in [6.45, 7) is 7.87. The molecule has 21 heavy (non-hydrogen) atoms. The molecule has 0 amide bonds. The molecule has 3 rings (SSSR count). The van der Waals surface area contributed by atoms with E-state index in [1.54, 1.807) is 4.52 Å². The molecular weight excluding hydrogens is 264 g/mol. The molecule has 0 unspecified atom stereocenters. The maximum atomic E-state index is 4.45. The topological polar surface area (TPSA) is 60.0 Å². The second-order valence-electron chi connectivity index (χ2n) is 5.38. The number of rotatable bonds is 5. The molecule has 0 fully saturated rings. The summed E-state index contributed by atoms with van der Waals surface area (Å²) in [6.07, 6.45) is 2.96. The highest BCUT2D eigenvalue weighted by Crippen LogP contribution is 2.07. The van der Waals surface area contributed by atoms with Crippen molar-refractivity contribution in [3.05, 3.63) is 41.3 Å². The van der Waals surface area contributed by atoms with Crippen LogP contribution in [0.1, 0.15) is 23.4 Å². The van der Waals surface area contributed by atoms with Crippen LogP contribution in [0.3, 0.4) is 0 Å². The van der Waals surface area contributed by atoms with Crippen LogP contribution < -0.4 is 5.32 Å². The van der Waals surface area contributed by atoms with E-state index in [2.05, 4.69) is 33.5 Å². The monoisotopic (exact) mass is 284 g/mol. The Hall–Kier alpha value is -2.37. The number of fused-ring (bicyclic) bond motifs is 1. The Morgan fingerprint density at radius 1 is 1.14 bits per heavy atom. The van der Waals surface area contributed by atoms with Gasteiger partial charge in [-0.15, -0.1) is 5.10 Å². The highest BCUT2D eigenvalue weighted by Gasteiger charge is 2.03. The van der Waals surface area contributed by atoms with Crippen molar-refractivity contribution in [3.8, 4) is 0 Å². The van der Waals surface area contributed by atoms with Crippen molar-refractivity contribution in [2.45, 2.75) is 33.7 Å². The minimum atomic E-state index is 0.675. The van der Waals surface area contributed by atoms with Gasteiger partial charge < -0.3 is 5.32 Å². The number of pyridine rings is 1. The zero-order valence-electron chi connectivity index (χ0n) is 12.7. The third-order valence-corrected chi connectivity index (χ3v) is 3.41. The maximum Gasteiger partial charge on any atom is 0.243 e. The summed E-state index contributed by atoms with van der Waals surface area (Å²) in [5.41, 5.74) is 4.30. The summed E-state index contributed by atoms with van der Waals surface area (Å²) in [6, 6.07) is 6.11. The number of aryl methyl sites for hydroxylation is 4. The molecular formula is C15H20N6. The third-order valence-electron chi connectivity index (χ3n) is 3.41. The summed E-state index contributed by atoms with van der Waals surface area (Å²) >= 11 is 0. The SMILES string of the molecule is Cc1ccc2nc(NCCCn3nc(C)cc3C)nn2c1. The van der Waals surface area contributed by atoms with Crippen molar-refractivity contribution in [1.29, 1.82) is 0 Å². The first-order chi connectivity index (χ1) is 10.1. The van der Waals surface area contributed by atoms with E-state index in [4.69, 9.17) is 0 Å². The van der Waals surface area contributed by atoms with E-state index in [1.165, 1.54) is 11.3 Å². The second kappa shape index (κ2) is 5.55. The summed E-state index contributed by atoms with van der Waals surface area (Å²) in [4.78, 5) is 4.44. The molecule has 0 aliphatic carbocycles. The van der Waals surface area contributed by atoms with E-state index in [9.17, 15) is 0 Å². The Labute approximate surface area is 123 Å². The van der Waals surface area contributed by atoms with E-state index >= 15 is 0 Å². The predicted octanol–water partition coefficient (Wildman–Crippen LogP) is 2.35. The zero-order valence-corrected chi connectivity index (χ0v) is 12.7. The number of aromatic nitrogens is 5. The molecule has 0 aliphatic rings. The summed E-state index contributed by atoms with van der Waals surface area (Å²) in [5.74, 6) is 0.675. The molecule has 0 saturated carbocycles. The number of nitrogens with one attached hydrogen (secondary N) is 1. The Balaban J connectivity index is 1.55. The lowest BCUT2D eigenvalue weighted by atomic mass is 10.3. The number of nitrogens with zero attached hydrogens (tertiary/aromatic N) is 5. The second-order valence-corrected chi connectivity index (χ2v) is 5.38. The first kappa shape index (κ1) is 13.6. The fourth-order valence-corrected chi connectivity index (χ4v) is 2.39. The molecule has 6 heteroatoms. The lowest BCUT2D eigenvalue weighted by Gasteiger charge is -2.04. The molecule has 0 bridgehead atoms. The molecule has 0 radical (unpaired) electrons. The lowest BCUT2D eigenvalue weighted by molar-refractivity contribution is 0.573. The third kappa shape index (κ3) is 3.04. The summed E-state index contributed by atoms with van der Waals surface area (Å²) in [7, 11) is 0. The lowest BCUT2D eigenvalue weighted by Crippen LogP contribution is -2.09. The minimum absolute atomic E-state index is 0.675. The van der Waals surface area contributed by atoms with Gasteiger partial charge >= 0.3 is 0 Å². The average molecular weight is 284 g/mol. The number of anilines is 1. The fraction of sp³-hybridized carbons (Fsp3) is 0.400. The minimum Gasteiger partial charge on any atom is -0.353 e. The van der Waals surface area contributed by atoms with Gasteiger partial charge in [0.25, 0.3) is 0 Å². The Kier molecular flexibility index (Phi) is 3.60. The summed E-state index contributed by atoms with van der Waals surface area (Å²) in [5, 5.41) is 12.1. The van der Waals surface area contributed by atoms with Gasteiger partial charge in [-0.05, 0) is 44.9 Å². The number of hydrogen-bond acceptors (Lipinski definition) is 4. The number of hydrogen-bond donors (Lipinski definition) is 1. The van der Waals surface area contributed by atoms with Crippen LogP contribution in [0, 0.1) is 20.8 Å². The van der Waals surface area contributed by atoms with Crippen LogP contribution in [0.25, 0.3) is 5.65 Å². The first-order valence-corrected chi connectivity index (χ1v) is 7.20. The van der Waals surface area contributed by atoms with Gasteiger partial charge in [0.15, 0.2) is 5.65 Å². The largest absolute Gasteiger partial charge is 0.353 e. The van der Waals surface area contributed by atoms with Crippen LogP contribution in [0.5, 0.6) is 0 Å². The van der Waals surface area contributed by atoms with Crippen molar-refractivity contribution in [1.82, 2.24) is 24.4 Å². The van der Waals surface area contributed by atoms with Gasteiger partial charge in [0.05, 0.1) is 5.69 Å². The maximum absolute atomic E-state index is 4.45. The molecule has 0 aliphatic heterocycles. The standard InChI is InChI=1S/C15H20N6/c1-11-5-6-14-17-15(19-21(14)10-11)16-7-4-8-20-13(3)9-12(2)18-20/h5-6,9-10H,4,7-8H2,1-3H3,(H,16,19). The van der Waals surface area contributed by atoms with Gasteiger partial charge in [-0.25, -0.2) is 4.52 Å². The molecule has 0 saturated heterocycles. The van der Waals surface area contributed by atoms with E-state index in [-0.39, 0.29) is 0 Å². The van der Waals surface area contributed by atoms with Gasteiger partial charge in [-0.3, -0.25) is 4.68 Å². The zero-order chi connectivity index (χ0) is 14.8. The van der Waals surface area contributed by atoms with E-state index in [0.717, 1.165) is 30.9 Å². The fourth-order valence-electron chi connectivity index (χ4n) is 2.39. The normalized spacial score (nSPS) is 11.2. The van der Waals surface area contributed by atoms with E-state index < -0.39 is 0 Å². The van der Waals surface area contributed by atoms with E-state index in [1.807, 2.05) is 36.9 Å². The van der Waals surface area contributed by atoms with E-state index in [0.29, 0.717) is 5.95 Å². The highest BCUT2D eigenvalue weighted by atomic mass is 15.3. The Morgan fingerprint density at radius 2 is 2.00 bits per heavy atom. The van der Waals surface area contributed by atoms with Gasteiger partial charge in [0.1, 0.15) is 0 Å². The van der Waals surface area contributed by atoms with Crippen LogP contribution >= 0.6 is 0 Å². The van der Waals surface area contributed by atoms with Crippen LogP contribution in [-0.4, -0.2) is 30.9 Å². The van der Waals surface area contributed by atoms with Crippen LogP contribution in [0.4, 0.5) is 5.95 Å². The molecule has 0 aromatic carbocycles. The molecule has 6 nitrogen and oxygen atoms in total. The molecule has 0 spiro atoms. The molecule has 0 atom stereocenters.